The van der Waals surface area contributed by atoms with Crippen LogP contribution < -0.4 is 16.4 Å². The van der Waals surface area contributed by atoms with Crippen LogP contribution in [0.2, 0.25) is 0 Å². The van der Waals surface area contributed by atoms with Crippen LogP contribution in [0.15, 0.2) is 29.8 Å². The number of aryl methyl sites for hydroxylation is 1. The number of likely N-dealkylation sites (tertiary alicyclic amines) is 1. The van der Waals surface area contributed by atoms with Gasteiger partial charge in [0.05, 0.1) is 28.2 Å². The number of thiazole rings is 1. The summed E-state index contributed by atoms with van der Waals surface area (Å²) in [5.74, 6) is -1.26. The molecule has 1 fully saturated rings. The van der Waals surface area contributed by atoms with E-state index in [2.05, 4.69) is 15.6 Å². The van der Waals surface area contributed by atoms with Crippen molar-refractivity contribution < 1.29 is 19.5 Å². The van der Waals surface area contributed by atoms with Gasteiger partial charge in [-0.1, -0.05) is 45.0 Å². The third-order valence-electron chi connectivity index (χ3n) is 6.57. The van der Waals surface area contributed by atoms with E-state index in [1.807, 2.05) is 62.4 Å². The molecule has 0 bridgehead atoms. The molecule has 0 aliphatic carbocycles. The van der Waals surface area contributed by atoms with Crippen molar-refractivity contribution in [2.75, 3.05) is 13.1 Å². The van der Waals surface area contributed by atoms with Crippen molar-refractivity contribution in [2.24, 2.45) is 11.1 Å². The molecule has 10 heteroatoms. The summed E-state index contributed by atoms with van der Waals surface area (Å²) >= 11 is 1.59. The minimum atomic E-state index is -0.871. The molecule has 1 aliphatic heterocycles. The first-order valence-corrected chi connectivity index (χ1v) is 13.6. The van der Waals surface area contributed by atoms with Crippen LogP contribution in [0.1, 0.15) is 57.7 Å². The van der Waals surface area contributed by atoms with Crippen molar-refractivity contribution in [1.29, 1.82) is 0 Å². The van der Waals surface area contributed by atoms with Crippen LogP contribution in [0.25, 0.3) is 10.4 Å². The van der Waals surface area contributed by atoms with E-state index in [9.17, 15) is 19.5 Å². The fourth-order valence-electron chi connectivity index (χ4n) is 4.52. The van der Waals surface area contributed by atoms with Gasteiger partial charge in [0.2, 0.25) is 17.7 Å². The average molecular weight is 530 g/mol. The minimum Gasteiger partial charge on any atom is -0.392 e. The predicted octanol–water partition coefficient (Wildman–Crippen LogP) is 2.36. The third-order valence-corrected chi connectivity index (χ3v) is 7.55. The number of aliphatic hydroxyl groups excluding tert-OH is 1. The molecule has 0 spiro atoms. The normalized spacial score (nSPS) is 19.0. The Kier molecular flexibility index (Phi) is 9.94. The molecule has 3 amide bonds. The predicted molar refractivity (Wildman–Crippen MR) is 145 cm³/mol. The maximum atomic E-state index is 13.2. The highest BCUT2D eigenvalue weighted by molar-refractivity contribution is 7.13. The molecule has 3 atom stereocenters. The van der Waals surface area contributed by atoms with Gasteiger partial charge >= 0.3 is 0 Å². The molecule has 0 saturated carbocycles. The lowest BCUT2D eigenvalue weighted by Crippen LogP contribution is -2.56. The Hall–Kier alpha value is -2.66. The Bertz CT molecular complexity index is 1080. The smallest absolute Gasteiger partial charge is 0.249 e. The summed E-state index contributed by atoms with van der Waals surface area (Å²) in [5.41, 5.74) is 9.80. The van der Waals surface area contributed by atoms with E-state index in [0.29, 0.717) is 26.1 Å². The lowest BCUT2D eigenvalue weighted by Gasteiger charge is -2.31. The number of nitrogens with two attached hydrogens (primary N) is 1. The molecule has 1 aromatic carbocycles. The highest BCUT2D eigenvalue weighted by Gasteiger charge is 2.39. The highest BCUT2D eigenvalue weighted by atomic mass is 32.1. The van der Waals surface area contributed by atoms with Crippen molar-refractivity contribution in [1.82, 2.24) is 20.5 Å². The van der Waals surface area contributed by atoms with Gasteiger partial charge in [-0.2, -0.15) is 0 Å². The molecule has 2 heterocycles. The van der Waals surface area contributed by atoms with Crippen molar-refractivity contribution >= 4 is 29.1 Å². The zero-order chi connectivity index (χ0) is 27.2. The second-order valence-corrected chi connectivity index (χ2v) is 11.6. The summed E-state index contributed by atoms with van der Waals surface area (Å²) in [6.45, 7) is 8.80. The van der Waals surface area contributed by atoms with Crippen LogP contribution in [0, 0.1) is 12.3 Å². The molecular weight excluding hydrogens is 490 g/mol. The van der Waals surface area contributed by atoms with E-state index in [1.165, 1.54) is 0 Å². The summed E-state index contributed by atoms with van der Waals surface area (Å²) < 4.78 is 0. The van der Waals surface area contributed by atoms with Crippen LogP contribution in [-0.2, 0) is 20.9 Å². The lowest BCUT2D eigenvalue weighted by molar-refractivity contribution is -0.138. The zero-order valence-corrected chi connectivity index (χ0v) is 22.9. The largest absolute Gasteiger partial charge is 0.392 e. The standard InChI is InChI=1S/C27H39N5O4S/c1-17-23(37-16-29-17)19-10-8-18(9-11-19)14-32-15-20(33)13-21(32)25(35)31-26(36)24(27(2,3)4)30-22(34)7-5-6-12-28/h8-11,16,20-21,24,33H,5-7,12-15,28H2,1-4H3,(H,30,34)(H,31,35,36)/t20-,21+,24-/m1/s1. The van der Waals surface area contributed by atoms with Gasteiger partial charge in [0.1, 0.15) is 6.04 Å². The van der Waals surface area contributed by atoms with Gasteiger partial charge in [-0.15, -0.1) is 11.3 Å². The zero-order valence-electron chi connectivity index (χ0n) is 22.1. The monoisotopic (exact) mass is 529 g/mol. The van der Waals surface area contributed by atoms with Crippen molar-refractivity contribution in [3.63, 3.8) is 0 Å². The number of imide groups is 1. The second kappa shape index (κ2) is 12.7. The van der Waals surface area contributed by atoms with E-state index in [1.54, 1.807) is 11.3 Å². The molecule has 5 N–H and O–H groups in total. The van der Waals surface area contributed by atoms with E-state index < -0.39 is 35.4 Å². The van der Waals surface area contributed by atoms with Crippen LogP contribution in [-0.4, -0.2) is 64.0 Å². The Morgan fingerprint density at radius 2 is 1.92 bits per heavy atom. The van der Waals surface area contributed by atoms with Crippen LogP contribution >= 0.6 is 11.3 Å². The molecule has 202 valence electrons. The summed E-state index contributed by atoms with van der Waals surface area (Å²) in [5, 5.41) is 15.6. The summed E-state index contributed by atoms with van der Waals surface area (Å²) in [4.78, 5) is 45.9. The molecule has 1 saturated heterocycles. The number of amides is 3. The molecule has 1 aromatic heterocycles. The fourth-order valence-corrected chi connectivity index (χ4v) is 5.33. The number of β-amino-alcohol motifs (C(OH)–C–C–N with tert-alkyl or cyclic N) is 1. The number of benzene rings is 1. The number of rotatable bonds is 10. The summed E-state index contributed by atoms with van der Waals surface area (Å²) in [6, 6.07) is 6.56. The van der Waals surface area contributed by atoms with E-state index >= 15 is 0 Å². The number of nitrogens with one attached hydrogen (secondary N) is 2. The van der Waals surface area contributed by atoms with Crippen molar-refractivity contribution in [3.05, 3.63) is 41.0 Å². The number of aliphatic hydroxyl groups is 1. The number of carbonyl (C=O) groups excluding carboxylic acids is 3. The van der Waals surface area contributed by atoms with Gasteiger partial charge in [0.15, 0.2) is 0 Å². The van der Waals surface area contributed by atoms with Crippen LogP contribution in [0.5, 0.6) is 0 Å². The first kappa shape index (κ1) is 28.9. The van der Waals surface area contributed by atoms with Crippen molar-refractivity contribution in [2.45, 2.75) is 78.1 Å². The Balaban J connectivity index is 1.64. The number of hydrogen-bond acceptors (Lipinski definition) is 8. The summed E-state index contributed by atoms with van der Waals surface area (Å²) in [7, 11) is 0. The van der Waals surface area contributed by atoms with Gasteiger partial charge < -0.3 is 16.2 Å². The molecule has 3 rings (SSSR count). The molecule has 37 heavy (non-hydrogen) atoms. The maximum absolute atomic E-state index is 13.2. The van der Waals surface area contributed by atoms with E-state index in [4.69, 9.17) is 5.73 Å². The Labute approximate surface area is 222 Å². The second-order valence-electron chi connectivity index (χ2n) is 10.8. The topological polar surface area (TPSA) is 138 Å². The van der Waals surface area contributed by atoms with E-state index in [0.717, 1.165) is 28.1 Å². The third kappa shape index (κ3) is 7.91. The molecular formula is C27H39N5O4S. The first-order valence-electron chi connectivity index (χ1n) is 12.7. The molecule has 9 nitrogen and oxygen atoms in total. The number of carbonyl (C=O) groups is 3. The molecule has 1 aliphatic rings. The summed E-state index contributed by atoms with van der Waals surface area (Å²) in [6.07, 6.45) is 1.22. The first-order chi connectivity index (χ1) is 17.5. The van der Waals surface area contributed by atoms with Gasteiger partial charge in [-0.05, 0) is 49.3 Å². The van der Waals surface area contributed by atoms with Crippen molar-refractivity contribution in [3.8, 4) is 10.4 Å². The SMILES string of the molecule is Cc1ncsc1-c1ccc(CN2C[C@H](O)C[C@H]2C(=O)NC(=O)[C@@H](NC(=O)CCCCN)C(C)(C)C)cc1. The lowest BCUT2D eigenvalue weighted by atomic mass is 9.86. The average Bonchev–Trinajstić information content (AvgIpc) is 3.42. The molecule has 0 radical (unpaired) electrons. The highest BCUT2D eigenvalue weighted by Crippen LogP contribution is 2.28. The number of aromatic nitrogens is 1. The van der Waals surface area contributed by atoms with Crippen LogP contribution in [0.3, 0.4) is 0 Å². The minimum absolute atomic E-state index is 0.239. The van der Waals surface area contributed by atoms with Crippen LogP contribution in [0.4, 0.5) is 0 Å². The number of nitrogens with zero attached hydrogens (tertiary/aromatic N) is 2. The number of unbranched alkanes of at least 4 members (excludes halogenated alkanes) is 1. The van der Waals surface area contributed by atoms with Gasteiger partial charge in [-0.25, -0.2) is 4.98 Å². The quantitative estimate of drug-likeness (QED) is 0.347. The van der Waals surface area contributed by atoms with E-state index in [-0.39, 0.29) is 18.7 Å². The molecule has 2 aromatic rings. The number of hydrogen-bond donors (Lipinski definition) is 4. The molecule has 0 unspecified atom stereocenters. The van der Waals surface area contributed by atoms with Gasteiger partial charge in [0, 0.05) is 19.5 Å². The maximum Gasteiger partial charge on any atom is 0.249 e. The van der Waals surface area contributed by atoms with Gasteiger partial charge in [0.25, 0.3) is 0 Å². The Morgan fingerprint density at radius 1 is 1.22 bits per heavy atom. The Morgan fingerprint density at radius 3 is 2.51 bits per heavy atom. The van der Waals surface area contributed by atoms with Gasteiger partial charge in [-0.3, -0.25) is 24.6 Å². The fraction of sp³-hybridized carbons (Fsp3) is 0.556.